The largest absolute Gasteiger partial charge is 0.368 e. The van der Waals surface area contributed by atoms with Gasteiger partial charge in [-0.3, -0.25) is 0 Å². The number of piperazine rings is 1. The van der Waals surface area contributed by atoms with E-state index in [1.807, 2.05) is 11.4 Å². The molecule has 0 N–H and O–H groups in total. The summed E-state index contributed by atoms with van der Waals surface area (Å²) in [5, 5.41) is 4.33. The Morgan fingerprint density at radius 3 is 2.46 bits per heavy atom. The molecule has 124 valence electrons. The number of fused-ring (bicyclic) bond motifs is 1. The van der Waals surface area contributed by atoms with Gasteiger partial charge >= 0.3 is 0 Å². The van der Waals surface area contributed by atoms with Gasteiger partial charge in [-0.05, 0) is 38.0 Å². The van der Waals surface area contributed by atoms with Crippen LogP contribution >= 0.6 is 0 Å². The van der Waals surface area contributed by atoms with Gasteiger partial charge in [0.1, 0.15) is 12.1 Å². The number of aryl methyl sites for hydroxylation is 3. The second-order valence-corrected chi connectivity index (χ2v) is 6.49. The molecule has 1 aliphatic heterocycles. The summed E-state index contributed by atoms with van der Waals surface area (Å²) in [5.74, 6) is 1.75. The van der Waals surface area contributed by atoms with E-state index in [4.69, 9.17) is 0 Å². The van der Waals surface area contributed by atoms with Crippen molar-refractivity contribution in [3.05, 3.63) is 47.4 Å². The molecular formula is C18H22N6. The lowest BCUT2D eigenvalue weighted by atomic mass is 10.1. The van der Waals surface area contributed by atoms with Gasteiger partial charge in [-0.25, -0.2) is 4.98 Å². The van der Waals surface area contributed by atoms with Crippen LogP contribution in [0.4, 0.5) is 11.5 Å². The summed E-state index contributed by atoms with van der Waals surface area (Å²) < 4.78 is 1.83. The molecule has 0 aliphatic carbocycles. The maximum Gasteiger partial charge on any atom is 0.254 e. The highest BCUT2D eigenvalue weighted by atomic mass is 15.4. The minimum atomic E-state index is 0.668. The quantitative estimate of drug-likeness (QED) is 0.725. The van der Waals surface area contributed by atoms with E-state index in [9.17, 15) is 0 Å². The zero-order chi connectivity index (χ0) is 16.7. The van der Waals surface area contributed by atoms with Gasteiger partial charge in [-0.2, -0.15) is 14.6 Å². The van der Waals surface area contributed by atoms with Crippen LogP contribution in [0, 0.1) is 20.8 Å². The molecule has 4 rings (SSSR count). The average molecular weight is 322 g/mol. The van der Waals surface area contributed by atoms with E-state index in [1.165, 1.54) is 16.8 Å². The van der Waals surface area contributed by atoms with Crippen LogP contribution in [0.3, 0.4) is 0 Å². The highest BCUT2D eigenvalue weighted by Crippen LogP contribution is 2.24. The van der Waals surface area contributed by atoms with Crippen molar-refractivity contribution in [1.82, 2.24) is 19.6 Å². The van der Waals surface area contributed by atoms with Crippen molar-refractivity contribution in [2.24, 2.45) is 0 Å². The van der Waals surface area contributed by atoms with Crippen LogP contribution in [0.25, 0.3) is 5.78 Å². The van der Waals surface area contributed by atoms with Gasteiger partial charge in [0, 0.05) is 43.6 Å². The summed E-state index contributed by atoms with van der Waals surface area (Å²) in [6.45, 7) is 10.3. The Morgan fingerprint density at radius 2 is 1.67 bits per heavy atom. The molecule has 0 unspecified atom stereocenters. The highest BCUT2D eigenvalue weighted by molar-refractivity contribution is 5.57. The Kier molecular flexibility index (Phi) is 3.59. The summed E-state index contributed by atoms with van der Waals surface area (Å²) in [6.07, 6.45) is 1.57. The Labute approximate surface area is 141 Å². The van der Waals surface area contributed by atoms with Crippen LogP contribution in [0.2, 0.25) is 0 Å². The Balaban J connectivity index is 1.57. The number of rotatable bonds is 2. The van der Waals surface area contributed by atoms with E-state index < -0.39 is 0 Å². The molecule has 0 spiro atoms. The fraction of sp³-hybridized carbons (Fsp3) is 0.389. The first-order valence-corrected chi connectivity index (χ1v) is 8.36. The predicted octanol–water partition coefficient (Wildman–Crippen LogP) is 2.38. The maximum absolute atomic E-state index is 4.43. The molecule has 3 aromatic rings. The van der Waals surface area contributed by atoms with E-state index in [-0.39, 0.29) is 0 Å². The average Bonchev–Trinajstić information content (AvgIpc) is 3.05. The lowest BCUT2D eigenvalue weighted by Crippen LogP contribution is -2.47. The molecule has 1 fully saturated rings. The Morgan fingerprint density at radius 1 is 0.917 bits per heavy atom. The molecule has 2 aromatic heterocycles. The van der Waals surface area contributed by atoms with Gasteiger partial charge < -0.3 is 9.80 Å². The van der Waals surface area contributed by atoms with Crippen LogP contribution in [-0.2, 0) is 0 Å². The van der Waals surface area contributed by atoms with Crippen molar-refractivity contribution in [2.75, 3.05) is 36.0 Å². The van der Waals surface area contributed by atoms with Crippen LogP contribution in [0.5, 0.6) is 0 Å². The molecule has 0 bridgehead atoms. The number of aromatic nitrogens is 4. The first-order chi connectivity index (χ1) is 11.6. The third-order valence-electron chi connectivity index (χ3n) is 4.67. The number of hydrogen-bond donors (Lipinski definition) is 0. The van der Waals surface area contributed by atoms with Crippen molar-refractivity contribution < 1.29 is 0 Å². The number of hydrogen-bond acceptors (Lipinski definition) is 5. The molecule has 0 atom stereocenters. The maximum atomic E-state index is 4.43. The topological polar surface area (TPSA) is 49.6 Å². The number of benzene rings is 1. The predicted molar refractivity (Wildman–Crippen MR) is 95.9 cm³/mol. The summed E-state index contributed by atoms with van der Waals surface area (Å²) in [6, 6.07) is 8.77. The molecule has 1 aliphatic rings. The molecule has 6 nitrogen and oxygen atoms in total. The standard InChI is InChI=1S/C18H22N6/c1-13-4-5-14(2)16(10-13)22-6-8-23(9-7-22)17-11-15(3)21-18-19-12-20-24(17)18/h4-5,10-12H,6-9H2,1-3H3. The van der Waals surface area contributed by atoms with Crippen molar-refractivity contribution in [3.63, 3.8) is 0 Å². The second-order valence-electron chi connectivity index (χ2n) is 6.49. The van der Waals surface area contributed by atoms with Crippen LogP contribution in [0.15, 0.2) is 30.6 Å². The first-order valence-electron chi connectivity index (χ1n) is 8.36. The third kappa shape index (κ3) is 2.58. The molecule has 0 saturated carbocycles. The lowest BCUT2D eigenvalue weighted by Gasteiger charge is -2.38. The Hall–Kier alpha value is -2.63. The molecule has 6 heteroatoms. The van der Waals surface area contributed by atoms with E-state index >= 15 is 0 Å². The third-order valence-corrected chi connectivity index (χ3v) is 4.67. The number of nitrogens with zero attached hydrogens (tertiary/aromatic N) is 6. The minimum Gasteiger partial charge on any atom is -0.368 e. The smallest absolute Gasteiger partial charge is 0.254 e. The van der Waals surface area contributed by atoms with Gasteiger partial charge in [-0.1, -0.05) is 12.1 Å². The van der Waals surface area contributed by atoms with Crippen molar-refractivity contribution in [3.8, 4) is 0 Å². The summed E-state index contributed by atoms with van der Waals surface area (Å²) in [4.78, 5) is 13.5. The normalized spacial score (nSPS) is 15.3. The van der Waals surface area contributed by atoms with Gasteiger partial charge in [0.2, 0.25) is 0 Å². The highest BCUT2D eigenvalue weighted by Gasteiger charge is 2.21. The van der Waals surface area contributed by atoms with Crippen LogP contribution < -0.4 is 9.80 Å². The first kappa shape index (κ1) is 14.9. The monoisotopic (exact) mass is 322 g/mol. The molecule has 0 amide bonds. The Bertz CT molecular complexity index is 876. The molecule has 24 heavy (non-hydrogen) atoms. The van der Waals surface area contributed by atoms with Gasteiger partial charge in [0.15, 0.2) is 0 Å². The molecule has 0 radical (unpaired) electrons. The van der Waals surface area contributed by atoms with E-state index in [1.54, 1.807) is 6.33 Å². The lowest BCUT2D eigenvalue weighted by molar-refractivity contribution is 0.637. The molecule has 3 heterocycles. The van der Waals surface area contributed by atoms with Crippen LogP contribution in [0.1, 0.15) is 16.8 Å². The van der Waals surface area contributed by atoms with Crippen molar-refractivity contribution in [1.29, 1.82) is 0 Å². The SMILES string of the molecule is Cc1ccc(C)c(N2CCN(c3cc(C)nc4ncnn34)CC2)c1. The van der Waals surface area contributed by atoms with E-state index in [0.29, 0.717) is 5.78 Å². The fourth-order valence-corrected chi connectivity index (χ4v) is 3.37. The summed E-state index contributed by atoms with van der Waals surface area (Å²) in [5.41, 5.74) is 4.98. The minimum absolute atomic E-state index is 0.668. The zero-order valence-corrected chi connectivity index (χ0v) is 14.4. The summed E-state index contributed by atoms with van der Waals surface area (Å²) in [7, 11) is 0. The molecule has 1 aromatic carbocycles. The van der Waals surface area contributed by atoms with Crippen molar-refractivity contribution >= 4 is 17.3 Å². The van der Waals surface area contributed by atoms with Gasteiger partial charge in [0.25, 0.3) is 5.78 Å². The molecular weight excluding hydrogens is 300 g/mol. The van der Waals surface area contributed by atoms with E-state index in [0.717, 1.165) is 37.7 Å². The van der Waals surface area contributed by atoms with Gasteiger partial charge in [0.05, 0.1) is 0 Å². The van der Waals surface area contributed by atoms with Gasteiger partial charge in [-0.15, -0.1) is 0 Å². The van der Waals surface area contributed by atoms with E-state index in [2.05, 4.69) is 63.0 Å². The number of anilines is 2. The molecule has 1 saturated heterocycles. The summed E-state index contributed by atoms with van der Waals surface area (Å²) >= 11 is 0. The van der Waals surface area contributed by atoms with Crippen molar-refractivity contribution in [2.45, 2.75) is 20.8 Å². The fourth-order valence-electron chi connectivity index (χ4n) is 3.37. The van der Waals surface area contributed by atoms with Crippen LogP contribution in [-0.4, -0.2) is 45.8 Å². The zero-order valence-electron chi connectivity index (χ0n) is 14.4. The second kappa shape index (κ2) is 5.78.